The fourth-order valence-corrected chi connectivity index (χ4v) is 2.35. The number of benzene rings is 1. The van der Waals surface area contributed by atoms with Gasteiger partial charge in [-0.2, -0.15) is 0 Å². The third kappa shape index (κ3) is 4.56. The van der Waals surface area contributed by atoms with E-state index < -0.39 is 6.09 Å². The number of esters is 1. The highest BCUT2D eigenvalue weighted by atomic mass is 16.6. The summed E-state index contributed by atoms with van der Waals surface area (Å²) in [5, 5.41) is 0.825. The van der Waals surface area contributed by atoms with Crippen molar-refractivity contribution in [2.75, 3.05) is 33.5 Å². The van der Waals surface area contributed by atoms with Crippen LogP contribution in [0.3, 0.4) is 0 Å². The van der Waals surface area contributed by atoms with Crippen LogP contribution in [-0.2, 0) is 25.4 Å². The van der Waals surface area contributed by atoms with E-state index in [2.05, 4.69) is 0 Å². The highest BCUT2D eigenvalue weighted by Gasteiger charge is 2.16. The smallest absolute Gasteiger partial charge is 0.418 e. The molecule has 2 aromatic rings. The average molecular weight is 334 g/mol. The molecule has 0 saturated carbocycles. The molecule has 7 heteroatoms. The Morgan fingerprint density at radius 1 is 1.17 bits per heavy atom. The lowest BCUT2D eigenvalue weighted by Crippen LogP contribution is -2.15. The van der Waals surface area contributed by atoms with Crippen molar-refractivity contribution in [2.45, 2.75) is 12.8 Å². The number of carbonyl (C=O) groups excluding carboxylic acids is 2. The lowest BCUT2D eigenvalue weighted by atomic mass is 10.1. The van der Waals surface area contributed by atoms with Gasteiger partial charge < -0.3 is 19.9 Å². The molecule has 7 nitrogen and oxygen atoms in total. The first-order chi connectivity index (χ1) is 11.7. The Balaban J connectivity index is 2.05. The number of rotatable bonds is 8. The van der Waals surface area contributed by atoms with Crippen molar-refractivity contribution in [1.82, 2.24) is 4.57 Å². The molecule has 130 valence electrons. The molecule has 1 aromatic carbocycles. The van der Waals surface area contributed by atoms with Gasteiger partial charge in [-0.15, -0.1) is 0 Å². The van der Waals surface area contributed by atoms with E-state index in [1.807, 2.05) is 24.3 Å². The number of nitrogens with zero attached hydrogens (tertiary/aromatic N) is 1. The average Bonchev–Trinajstić information content (AvgIpc) is 2.96. The van der Waals surface area contributed by atoms with Gasteiger partial charge in [-0.1, -0.05) is 18.2 Å². The van der Waals surface area contributed by atoms with Crippen LogP contribution in [0, 0.1) is 0 Å². The van der Waals surface area contributed by atoms with Gasteiger partial charge in [0, 0.05) is 31.2 Å². The number of hydrogen-bond donors (Lipinski definition) is 1. The quantitative estimate of drug-likeness (QED) is 0.583. The van der Waals surface area contributed by atoms with Gasteiger partial charge in [0.15, 0.2) is 0 Å². The van der Waals surface area contributed by atoms with Crippen molar-refractivity contribution in [3.8, 4) is 0 Å². The zero-order valence-corrected chi connectivity index (χ0v) is 13.7. The third-order valence-corrected chi connectivity index (χ3v) is 3.47. The zero-order chi connectivity index (χ0) is 17.4. The fraction of sp³-hybridized carbons (Fsp3) is 0.412. The number of methoxy groups -OCH3 is 1. The summed E-state index contributed by atoms with van der Waals surface area (Å²) in [5.74, 6) is -0.358. The lowest BCUT2D eigenvalue weighted by Gasteiger charge is -2.06. The summed E-state index contributed by atoms with van der Waals surface area (Å²) < 4.78 is 16.6. The van der Waals surface area contributed by atoms with Gasteiger partial charge in [0.2, 0.25) is 0 Å². The minimum absolute atomic E-state index is 0.101. The Morgan fingerprint density at radius 2 is 1.96 bits per heavy atom. The first kappa shape index (κ1) is 18.0. The van der Waals surface area contributed by atoms with E-state index in [1.165, 1.54) is 11.7 Å². The normalized spacial score (nSPS) is 10.8. The number of carbonyl (C=O) groups is 2. The SMILES string of the molecule is COC(=O)Cc1cn(C(=O)OCCCOCCN)c2ccccc12. The first-order valence-corrected chi connectivity index (χ1v) is 7.78. The third-order valence-electron chi connectivity index (χ3n) is 3.47. The monoisotopic (exact) mass is 334 g/mol. The van der Waals surface area contributed by atoms with Crippen molar-refractivity contribution < 1.29 is 23.8 Å². The van der Waals surface area contributed by atoms with E-state index in [0.717, 1.165) is 10.9 Å². The number of hydrogen-bond acceptors (Lipinski definition) is 6. The van der Waals surface area contributed by atoms with Crippen molar-refractivity contribution in [1.29, 1.82) is 0 Å². The van der Waals surface area contributed by atoms with E-state index in [0.29, 0.717) is 31.7 Å². The molecule has 2 N–H and O–H groups in total. The molecule has 0 aliphatic rings. The molecule has 0 bridgehead atoms. The molecular formula is C17H22N2O5. The second kappa shape index (κ2) is 9.05. The Hall–Kier alpha value is -2.38. The number of nitrogens with two attached hydrogens (primary N) is 1. The summed E-state index contributed by atoms with van der Waals surface area (Å²) in [5.41, 5.74) is 6.74. The number of fused-ring (bicyclic) bond motifs is 1. The van der Waals surface area contributed by atoms with E-state index in [-0.39, 0.29) is 19.0 Å². The second-order valence-electron chi connectivity index (χ2n) is 5.16. The van der Waals surface area contributed by atoms with Crippen LogP contribution < -0.4 is 5.73 Å². The summed E-state index contributed by atoms with van der Waals surface area (Å²) >= 11 is 0. The van der Waals surface area contributed by atoms with E-state index in [9.17, 15) is 9.59 Å². The van der Waals surface area contributed by atoms with Crippen molar-refractivity contribution in [2.24, 2.45) is 5.73 Å². The van der Waals surface area contributed by atoms with Gasteiger partial charge >= 0.3 is 12.1 Å². The van der Waals surface area contributed by atoms with Crippen LogP contribution in [0.2, 0.25) is 0 Å². The van der Waals surface area contributed by atoms with Gasteiger partial charge in [-0.25, -0.2) is 4.79 Å². The Labute approximate surface area is 140 Å². The van der Waals surface area contributed by atoms with E-state index in [4.69, 9.17) is 19.9 Å². The number of para-hydroxylation sites is 1. The summed E-state index contributed by atoms with van der Waals surface area (Å²) in [6.07, 6.45) is 1.83. The fourth-order valence-electron chi connectivity index (χ4n) is 2.35. The molecule has 0 fully saturated rings. The maximum absolute atomic E-state index is 12.3. The van der Waals surface area contributed by atoms with Crippen LogP contribution in [0.25, 0.3) is 10.9 Å². The van der Waals surface area contributed by atoms with Gasteiger partial charge in [-0.05, 0) is 11.6 Å². The van der Waals surface area contributed by atoms with Crippen LogP contribution in [0.15, 0.2) is 30.5 Å². The van der Waals surface area contributed by atoms with Crippen LogP contribution in [0.5, 0.6) is 0 Å². The van der Waals surface area contributed by atoms with Crippen LogP contribution >= 0.6 is 0 Å². The Kier molecular flexibility index (Phi) is 6.77. The summed E-state index contributed by atoms with van der Waals surface area (Å²) in [4.78, 5) is 23.8. The topological polar surface area (TPSA) is 92.8 Å². The molecule has 0 radical (unpaired) electrons. The van der Waals surface area contributed by atoms with Crippen LogP contribution in [0.1, 0.15) is 12.0 Å². The maximum Gasteiger partial charge on any atom is 0.418 e. The molecular weight excluding hydrogens is 312 g/mol. The minimum Gasteiger partial charge on any atom is -0.469 e. The molecule has 0 atom stereocenters. The molecule has 0 unspecified atom stereocenters. The molecule has 2 rings (SSSR count). The predicted octanol–water partition coefficient (Wildman–Crippen LogP) is 1.71. The molecule has 0 saturated heterocycles. The maximum atomic E-state index is 12.3. The number of ether oxygens (including phenoxy) is 3. The molecule has 1 aromatic heterocycles. The van der Waals surface area contributed by atoms with Crippen molar-refractivity contribution in [3.05, 3.63) is 36.0 Å². The lowest BCUT2D eigenvalue weighted by molar-refractivity contribution is -0.139. The molecule has 1 heterocycles. The molecule has 24 heavy (non-hydrogen) atoms. The van der Waals surface area contributed by atoms with Crippen molar-refractivity contribution >= 4 is 23.0 Å². The van der Waals surface area contributed by atoms with E-state index in [1.54, 1.807) is 6.20 Å². The largest absolute Gasteiger partial charge is 0.469 e. The Bertz CT molecular complexity index is 695. The molecule has 0 aliphatic heterocycles. The first-order valence-electron chi connectivity index (χ1n) is 7.78. The van der Waals surface area contributed by atoms with Gasteiger partial charge in [0.25, 0.3) is 0 Å². The predicted molar refractivity (Wildman–Crippen MR) is 88.9 cm³/mol. The highest BCUT2D eigenvalue weighted by molar-refractivity contribution is 5.93. The van der Waals surface area contributed by atoms with Gasteiger partial charge in [-0.3, -0.25) is 9.36 Å². The van der Waals surface area contributed by atoms with E-state index >= 15 is 0 Å². The van der Waals surface area contributed by atoms with Crippen molar-refractivity contribution in [3.63, 3.8) is 0 Å². The zero-order valence-electron chi connectivity index (χ0n) is 13.7. The highest BCUT2D eigenvalue weighted by Crippen LogP contribution is 2.22. The number of aromatic nitrogens is 1. The molecule has 0 aliphatic carbocycles. The van der Waals surface area contributed by atoms with Gasteiger partial charge in [0.05, 0.1) is 32.3 Å². The summed E-state index contributed by atoms with van der Waals surface area (Å²) in [6, 6.07) is 7.35. The molecule has 0 amide bonds. The van der Waals surface area contributed by atoms with Gasteiger partial charge in [0.1, 0.15) is 0 Å². The Morgan fingerprint density at radius 3 is 2.71 bits per heavy atom. The standard InChI is InChI=1S/C17H22N2O5/c1-22-16(20)11-13-12-19(15-6-3-2-5-14(13)15)17(21)24-9-4-8-23-10-7-18/h2-3,5-6,12H,4,7-11,18H2,1H3. The second-order valence-corrected chi connectivity index (χ2v) is 5.16. The summed E-state index contributed by atoms with van der Waals surface area (Å²) in [7, 11) is 1.34. The van der Waals surface area contributed by atoms with Crippen LogP contribution in [-0.4, -0.2) is 50.1 Å². The van der Waals surface area contributed by atoms with Crippen LogP contribution in [0.4, 0.5) is 4.79 Å². The summed E-state index contributed by atoms with van der Waals surface area (Å²) in [6.45, 7) is 1.71. The minimum atomic E-state index is -0.485. The molecule has 0 spiro atoms.